The minimum atomic E-state index is -4.82. The van der Waals surface area contributed by atoms with Crippen molar-refractivity contribution in [1.82, 2.24) is 9.55 Å². The van der Waals surface area contributed by atoms with Crippen molar-refractivity contribution in [3.05, 3.63) is 57.4 Å². The Morgan fingerprint density at radius 3 is 2.39 bits per heavy atom. The van der Waals surface area contributed by atoms with Gasteiger partial charge in [0.25, 0.3) is 11.5 Å². The van der Waals surface area contributed by atoms with E-state index in [9.17, 15) is 32.3 Å². The third kappa shape index (κ3) is 6.97. The molecular formula is C16H14F3N3O6. The van der Waals surface area contributed by atoms with Gasteiger partial charge in [-0.15, -0.1) is 13.2 Å². The SMILES string of the molecule is O=C(COC(=O)CCn1ccc(=O)[nH]c1=O)Nc1ccc(OC(F)(F)F)cc1. The fourth-order valence-electron chi connectivity index (χ4n) is 1.99. The Morgan fingerprint density at radius 1 is 1.11 bits per heavy atom. The number of aryl methyl sites for hydroxylation is 1. The zero-order valence-electron chi connectivity index (χ0n) is 14.1. The van der Waals surface area contributed by atoms with E-state index in [1.54, 1.807) is 0 Å². The molecule has 0 radical (unpaired) electrons. The van der Waals surface area contributed by atoms with Gasteiger partial charge in [0.15, 0.2) is 6.61 Å². The van der Waals surface area contributed by atoms with Crippen molar-refractivity contribution in [2.24, 2.45) is 0 Å². The lowest BCUT2D eigenvalue weighted by atomic mass is 10.3. The van der Waals surface area contributed by atoms with Gasteiger partial charge in [-0.05, 0) is 24.3 Å². The Bertz CT molecular complexity index is 950. The van der Waals surface area contributed by atoms with E-state index in [0.29, 0.717) is 0 Å². The number of aromatic amines is 1. The summed E-state index contributed by atoms with van der Waals surface area (Å²) in [6.07, 6.45) is -3.82. The summed E-state index contributed by atoms with van der Waals surface area (Å²) >= 11 is 0. The quantitative estimate of drug-likeness (QED) is 0.669. The third-order valence-corrected chi connectivity index (χ3v) is 3.19. The van der Waals surface area contributed by atoms with Gasteiger partial charge < -0.3 is 19.4 Å². The van der Waals surface area contributed by atoms with Gasteiger partial charge in [-0.1, -0.05) is 0 Å². The average molecular weight is 401 g/mol. The molecule has 0 saturated carbocycles. The van der Waals surface area contributed by atoms with E-state index < -0.39 is 41.8 Å². The summed E-state index contributed by atoms with van der Waals surface area (Å²) in [6.45, 7) is -0.684. The predicted octanol–water partition coefficient (Wildman–Crippen LogP) is 1.01. The molecule has 0 aliphatic carbocycles. The second-order valence-corrected chi connectivity index (χ2v) is 5.33. The Labute approximate surface area is 154 Å². The van der Waals surface area contributed by atoms with Crippen LogP contribution >= 0.6 is 0 Å². The number of halogens is 3. The highest BCUT2D eigenvalue weighted by atomic mass is 19.4. The molecule has 0 saturated heterocycles. The molecule has 0 aliphatic rings. The van der Waals surface area contributed by atoms with E-state index in [1.165, 1.54) is 18.3 Å². The van der Waals surface area contributed by atoms with Gasteiger partial charge in [0.2, 0.25) is 0 Å². The molecule has 150 valence electrons. The zero-order valence-corrected chi connectivity index (χ0v) is 14.1. The van der Waals surface area contributed by atoms with Crippen molar-refractivity contribution >= 4 is 17.6 Å². The molecule has 2 aromatic rings. The van der Waals surface area contributed by atoms with Crippen LogP contribution in [0, 0.1) is 0 Å². The lowest BCUT2D eigenvalue weighted by Gasteiger charge is -2.10. The number of anilines is 1. The van der Waals surface area contributed by atoms with Crippen LogP contribution in [0.4, 0.5) is 18.9 Å². The fraction of sp³-hybridized carbons (Fsp3) is 0.250. The number of rotatable bonds is 7. The highest BCUT2D eigenvalue weighted by Crippen LogP contribution is 2.23. The van der Waals surface area contributed by atoms with Crippen molar-refractivity contribution in [2.45, 2.75) is 19.3 Å². The number of carbonyl (C=O) groups excluding carboxylic acids is 2. The van der Waals surface area contributed by atoms with E-state index >= 15 is 0 Å². The molecule has 12 heteroatoms. The van der Waals surface area contributed by atoms with Crippen molar-refractivity contribution in [1.29, 1.82) is 0 Å². The number of ether oxygens (including phenoxy) is 2. The maximum absolute atomic E-state index is 12.1. The van der Waals surface area contributed by atoms with Crippen molar-refractivity contribution in [3.63, 3.8) is 0 Å². The number of nitrogens with one attached hydrogen (secondary N) is 2. The van der Waals surface area contributed by atoms with Crippen molar-refractivity contribution in [2.75, 3.05) is 11.9 Å². The largest absolute Gasteiger partial charge is 0.573 e. The predicted molar refractivity (Wildman–Crippen MR) is 88.7 cm³/mol. The van der Waals surface area contributed by atoms with Crippen molar-refractivity contribution < 1.29 is 32.2 Å². The average Bonchev–Trinajstić information content (AvgIpc) is 2.59. The lowest BCUT2D eigenvalue weighted by Crippen LogP contribution is -2.29. The molecule has 0 unspecified atom stereocenters. The minimum absolute atomic E-state index is 0.0588. The number of hydrogen-bond acceptors (Lipinski definition) is 6. The van der Waals surface area contributed by atoms with Crippen LogP contribution in [-0.2, 0) is 20.9 Å². The Balaban J connectivity index is 1.76. The van der Waals surface area contributed by atoms with Crippen LogP contribution in [0.5, 0.6) is 5.75 Å². The van der Waals surface area contributed by atoms with Crippen LogP contribution < -0.4 is 21.3 Å². The van der Waals surface area contributed by atoms with Crippen LogP contribution in [0.25, 0.3) is 0 Å². The first-order chi connectivity index (χ1) is 13.1. The number of amides is 1. The van der Waals surface area contributed by atoms with E-state index in [-0.39, 0.29) is 18.7 Å². The van der Waals surface area contributed by atoms with E-state index in [0.717, 1.165) is 22.8 Å². The minimum Gasteiger partial charge on any atom is -0.456 e. The summed E-state index contributed by atoms with van der Waals surface area (Å²) < 4.78 is 45.7. The third-order valence-electron chi connectivity index (χ3n) is 3.19. The van der Waals surface area contributed by atoms with Gasteiger partial charge in [-0.2, -0.15) is 0 Å². The molecule has 0 bridgehead atoms. The number of H-pyrrole nitrogens is 1. The molecule has 1 amide bonds. The maximum Gasteiger partial charge on any atom is 0.573 e. The number of carbonyl (C=O) groups is 2. The standard InChI is InChI=1S/C16H14F3N3O6/c17-16(18,19)28-11-3-1-10(2-4-11)20-13(24)9-27-14(25)6-8-22-7-5-12(23)21-15(22)26/h1-5,7H,6,8-9H2,(H,20,24)(H,21,23,26). The molecule has 28 heavy (non-hydrogen) atoms. The first-order valence-corrected chi connectivity index (χ1v) is 7.73. The van der Waals surface area contributed by atoms with E-state index in [1.807, 2.05) is 4.98 Å². The van der Waals surface area contributed by atoms with Crippen LogP contribution in [-0.4, -0.2) is 34.4 Å². The molecule has 2 N–H and O–H groups in total. The van der Waals surface area contributed by atoms with Crippen LogP contribution in [0.2, 0.25) is 0 Å². The second-order valence-electron chi connectivity index (χ2n) is 5.33. The normalized spacial score (nSPS) is 11.0. The lowest BCUT2D eigenvalue weighted by molar-refractivity contribution is -0.274. The number of alkyl halides is 3. The highest BCUT2D eigenvalue weighted by molar-refractivity contribution is 5.92. The smallest absolute Gasteiger partial charge is 0.456 e. The molecule has 9 nitrogen and oxygen atoms in total. The molecular weight excluding hydrogens is 387 g/mol. The van der Waals surface area contributed by atoms with Crippen LogP contribution in [0.1, 0.15) is 6.42 Å². The highest BCUT2D eigenvalue weighted by Gasteiger charge is 2.30. The van der Waals surface area contributed by atoms with Crippen LogP contribution in [0.3, 0.4) is 0 Å². The fourth-order valence-corrected chi connectivity index (χ4v) is 1.99. The van der Waals surface area contributed by atoms with Crippen molar-refractivity contribution in [3.8, 4) is 5.75 Å². The van der Waals surface area contributed by atoms with Gasteiger partial charge >= 0.3 is 18.0 Å². The number of benzene rings is 1. The first-order valence-electron chi connectivity index (χ1n) is 7.73. The summed E-state index contributed by atoms with van der Waals surface area (Å²) in [5, 5.41) is 2.33. The summed E-state index contributed by atoms with van der Waals surface area (Å²) in [5.41, 5.74) is -1.08. The van der Waals surface area contributed by atoms with E-state index in [4.69, 9.17) is 4.74 Å². The van der Waals surface area contributed by atoms with Gasteiger partial charge in [-0.3, -0.25) is 19.4 Å². The summed E-state index contributed by atoms with van der Waals surface area (Å²) in [6, 6.07) is 5.51. The Morgan fingerprint density at radius 2 is 1.79 bits per heavy atom. The first kappa shape index (κ1) is 20.7. The molecule has 2 rings (SSSR count). The molecule has 0 aliphatic heterocycles. The molecule has 1 aromatic heterocycles. The Kier molecular flexibility index (Phi) is 6.58. The number of hydrogen-bond donors (Lipinski definition) is 2. The Hall–Kier alpha value is -3.57. The summed E-state index contributed by atoms with van der Waals surface area (Å²) in [5.74, 6) is -1.92. The van der Waals surface area contributed by atoms with E-state index in [2.05, 4.69) is 10.1 Å². The van der Waals surface area contributed by atoms with Crippen LogP contribution in [0.15, 0.2) is 46.1 Å². The monoisotopic (exact) mass is 401 g/mol. The van der Waals surface area contributed by atoms with Gasteiger partial charge in [0.1, 0.15) is 5.75 Å². The maximum atomic E-state index is 12.1. The zero-order chi connectivity index (χ0) is 20.7. The molecule has 1 aromatic carbocycles. The van der Waals surface area contributed by atoms with Gasteiger partial charge in [-0.25, -0.2) is 4.79 Å². The number of nitrogens with zero attached hydrogens (tertiary/aromatic N) is 1. The molecule has 0 fully saturated rings. The summed E-state index contributed by atoms with van der Waals surface area (Å²) in [7, 11) is 0. The molecule has 0 atom stereocenters. The summed E-state index contributed by atoms with van der Waals surface area (Å²) in [4.78, 5) is 47.7. The second kappa shape index (κ2) is 8.88. The van der Waals surface area contributed by atoms with Gasteiger partial charge in [0.05, 0.1) is 6.42 Å². The number of esters is 1. The topological polar surface area (TPSA) is 119 Å². The number of aromatic nitrogens is 2. The molecule has 1 heterocycles. The molecule has 0 spiro atoms. The van der Waals surface area contributed by atoms with Gasteiger partial charge in [0, 0.05) is 24.5 Å².